The molecule has 0 bridgehead atoms. The van der Waals surface area contributed by atoms with Gasteiger partial charge in [0.15, 0.2) is 0 Å². The van der Waals surface area contributed by atoms with Crippen LogP contribution in [0.25, 0.3) is 11.1 Å². The van der Waals surface area contributed by atoms with Gasteiger partial charge in [-0.25, -0.2) is 4.98 Å². The smallest absolute Gasteiger partial charge is 0.142 e. The molecule has 0 radical (unpaired) electrons. The second-order valence-corrected chi connectivity index (χ2v) is 6.74. The molecule has 0 saturated heterocycles. The summed E-state index contributed by atoms with van der Waals surface area (Å²) in [5.41, 5.74) is 12.1. The highest BCUT2D eigenvalue weighted by atomic mass is 15.1. The largest absolute Gasteiger partial charge is 0.383 e. The van der Waals surface area contributed by atoms with Crippen LogP contribution in [0.4, 0.5) is 11.5 Å². The molecule has 0 aliphatic heterocycles. The van der Waals surface area contributed by atoms with Crippen LogP contribution in [-0.4, -0.2) is 19.1 Å². The number of anilines is 2. The van der Waals surface area contributed by atoms with Gasteiger partial charge in [-0.2, -0.15) is 5.26 Å². The second-order valence-electron chi connectivity index (χ2n) is 6.74. The highest BCUT2D eigenvalue weighted by Crippen LogP contribution is 2.38. The molecule has 0 amide bonds. The Morgan fingerprint density at radius 2 is 2.00 bits per heavy atom. The fourth-order valence-electron chi connectivity index (χ4n) is 3.56. The maximum atomic E-state index is 9.65. The summed E-state index contributed by atoms with van der Waals surface area (Å²) in [7, 11) is 4.04. The molecule has 1 aromatic heterocycles. The minimum Gasteiger partial charge on any atom is -0.383 e. The van der Waals surface area contributed by atoms with Gasteiger partial charge in [0.25, 0.3) is 0 Å². The number of nitrogens with two attached hydrogens (primary N) is 1. The van der Waals surface area contributed by atoms with Gasteiger partial charge in [0.05, 0.1) is 0 Å². The molecule has 2 aromatic rings. The first-order chi connectivity index (χ1) is 11.5. The Morgan fingerprint density at radius 3 is 2.58 bits per heavy atom. The molecular weight excluding hydrogens is 296 g/mol. The quantitative estimate of drug-likeness (QED) is 0.934. The third-order valence-electron chi connectivity index (χ3n) is 5.06. The topological polar surface area (TPSA) is 65.9 Å². The first kappa shape index (κ1) is 16.3. The molecule has 4 nitrogen and oxygen atoms in total. The Bertz CT molecular complexity index is 785. The van der Waals surface area contributed by atoms with Crippen molar-refractivity contribution in [3.8, 4) is 17.2 Å². The fraction of sp³-hybridized carbons (Fsp3) is 0.400. The lowest BCUT2D eigenvalue weighted by atomic mass is 9.80. The SMILES string of the molecule is CCC1CCc2nc(N)c(C#N)c(-c3ccc(N(C)C)cc3)c2C1. The van der Waals surface area contributed by atoms with E-state index < -0.39 is 0 Å². The minimum atomic E-state index is 0.359. The molecule has 24 heavy (non-hydrogen) atoms. The van der Waals surface area contributed by atoms with Crippen LogP contribution < -0.4 is 10.6 Å². The van der Waals surface area contributed by atoms with Crippen molar-refractivity contribution < 1.29 is 0 Å². The highest BCUT2D eigenvalue weighted by Gasteiger charge is 2.25. The summed E-state index contributed by atoms with van der Waals surface area (Å²) >= 11 is 0. The van der Waals surface area contributed by atoms with Gasteiger partial charge in [0.1, 0.15) is 17.5 Å². The number of rotatable bonds is 3. The molecule has 2 N–H and O–H groups in total. The normalized spacial score (nSPS) is 16.3. The van der Waals surface area contributed by atoms with Gasteiger partial charge < -0.3 is 10.6 Å². The predicted octanol–water partition coefficient (Wildman–Crippen LogP) is 3.78. The monoisotopic (exact) mass is 320 g/mol. The van der Waals surface area contributed by atoms with Crippen LogP contribution in [0.1, 0.15) is 36.6 Å². The van der Waals surface area contributed by atoms with Crippen LogP contribution in [0.3, 0.4) is 0 Å². The molecule has 0 fully saturated rings. The summed E-state index contributed by atoms with van der Waals surface area (Å²) in [5, 5.41) is 9.65. The van der Waals surface area contributed by atoms with Crippen molar-refractivity contribution in [3.05, 3.63) is 41.1 Å². The van der Waals surface area contributed by atoms with Crippen molar-refractivity contribution in [1.82, 2.24) is 4.98 Å². The number of nitriles is 1. The van der Waals surface area contributed by atoms with Gasteiger partial charge in [0.2, 0.25) is 0 Å². The first-order valence-electron chi connectivity index (χ1n) is 8.54. The van der Waals surface area contributed by atoms with Crippen LogP contribution >= 0.6 is 0 Å². The lowest BCUT2D eigenvalue weighted by Gasteiger charge is -2.26. The van der Waals surface area contributed by atoms with Gasteiger partial charge in [0, 0.05) is 31.0 Å². The van der Waals surface area contributed by atoms with E-state index in [-0.39, 0.29) is 0 Å². The Morgan fingerprint density at radius 1 is 1.29 bits per heavy atom. The van der Waals surface area contributed by atoms with Gasteiger partial charge >= 0.3 is 0 Å². The Kier molecular flexibility index (Phi) is 4.44. The molecule has 124 valence electrons. The van der Waals surface area contributed by atoms with E-state index in [2.05, 4.69) is 47.1 Å². The number of nitrogen functional groups attached to an aromatic ring is 1. The van der Waals surface area contributed by atoms with Crippen molar-refractivity contribution in [1.29, 1.82) is 5.26 Å². The minimum absolute atomic E-state index is 0.359. The van der Waals surface area contributed by atoms with E-state index in [9.17, 15) is 5.26 Å². The average molecular weight is 320 g/mol. The van der Waals surface area contributed by atoms with Crippen LogP contribution in [-0.2, 0) is 12.8 Å². The number of nitrogens with zero attached hydrogens (tertiary/aromatic N) is 3. The highest BCUT2D eigenvalue weighted by molar-refractivity contribution is 5.80. The lowest BCUT2D eigenvalue weighted by molar-refractivity contribution is 0.441. The molecule has 3 rings (SSSR count). The van der Waals surface area contributed by atoms with Crippen LogP contribution in [0.15, 0.2) is 24.3 Å². The van der Waals surface area contributed by atoms with Gasteiger partial charge in [-0.3, -0.25) is 0 Å². The zero-order valence-electron chi connectivity index (χ0n) is 14.6. The summed E-state index contributed by atoms with van der Waals surface area (Å²) in [6, 6.07) is 10.6. The molecule has 0 spiro atoms. The van der Waals surface area contributed by atoms with Crippen molar-refractivity contribution in [2.24, 2.45) is 5.92 Å². The van der Waals surface area contributed by atoms with Gasteiger partial charge in [-0.05, 0) is 48.4 Å². The Hall–Kier alpha value is -2.54. The molecule has 4 heteroatoms. The maximum absolute atomic E-state index is 9.65. The molecule has 0 saturated carbocycles. The van der Waals surface area contributed by atoms with Crippen molar-refractivity contribution in [3.63, 3.8) is 0 Å². The predicted molar refractivity (Wildman–Crippen MR) is 98.9 cm³/mol. The molecule has 1 heterocycles. The molecular formula is C20H24N4. The zero-order valence-corrected chi connectivity index (χ0v) is 14.6. The summed E-state index contributed by atoms with van der Waals surface area (Å²) in [4.78, 5) is 6.60. The second kappa shape index (κ2) is 6.52. The molecule has 1 aromatic carbocycles. The number of hydrogen-bond donors (Lipinski definition) is 1. The number of aromatic nitrogens is 1. The summed E-state index contributed by atoms with van der Waals surface area (Å²) in [5.74, 6) is 1.02. The number of benzene rings is 1. The van der Waals surface area contributed by atoms with Gasteiger partial charge in [-0.15, -0.1) is 0 Å². The average Bonchev–Trinajstić information content (AvgIpc) is 2.60. The van der Waals surface area contributed by atoms with E-state index in [0.29, 0.717) is 17.3 Å². The molecule has 1 aliphatic carbocycles. The van der Waals surface area contributed by atoms with E-state index >= 15 is 0 Å². The first-order valence-corrected chi connectivity index (χ1v) is 8.54. The third kappa shape index (κ3) is 2.82. The third-order valence-corrected chi connectivity index (χ3v) is 5.06. The van der Waals surface area contributed by atoms with E-state index in [4.69, 9.17) is 5.73 Å². The van der Waals surface area contributed by atoms with Crippen LogP contribution in [0.5, 0.6) is 0 Å². The van der Waals surface area contributed by atoms with E-state index in [1.807, 2.05) is 14.1 Å². The number of aryl methyl sites for hydroxylation is 1. The number of pyridine rings is 1. The molecule has 1 atom stereocenters. The fourth-order valence-corrected chi connectivity index (χ4v) is 3.56. The number of fused-ring (bicyclic) bond motifs is 1. The Balaban J connectivity index is 2.18. The molecule has 1 aliphatic rings. The van der Waals surface area contributed by atoms with Crippen molar-refractivity contribution in [2.45, 2.75) is 32.6 Å². The van der Waals surface area contributed by atoms with E-state index in [1.54, 1.807) is 0 Å². The summed E-state index contributed by atoms with van der Waals surface area (Å²) in [6.45, 7) is 2.23. The van der Waals surface area contributed by atoms with Crippen molar-refractivity contribution in [2.75, 3.05) is 24.7 Å². The van der Waals surface area contributed by atoms with Crippen LogP contribution in [0, 0.1) is 17.2 Å². The van der Waals surface area contributed by atoms with Gasteiger partial charge in [-0.1, -0.05) is 25.5 Å². The lowest BCUT2D eigenvalue weighted by Crippen LogP contribution is -2.18. The Labute approximate surface area is 143 Å². The molecule has 1 unspecified atom stereocenters. The van der Waals surface area contributed by atoms with Crippen molar-refractivity contribution >= 4 is 11.5 Å². The standard InChI is InChI=1S/C20H24N4/c1-4-13-5-10-18-16(11-13)19(17(12-21)20(22)23-18)14-6-8-15(9-7-14)24(2)3/h6-9,13H,4-5,10-11H2,1-3H3,(H2,22,23). The van der Waals surface area contributed by atoms with E-state index in [1.165, 1.54) is 5.56 Å². The zero-order chi connectivity index (χ0) is 17.3. The van der Waals surface area contributed by atoms with Crippen LogP contribution in [0.2, 0.25) is 0 Å². The maximum Gasteiger partial charge on any atom is 0.142 e. The number of hydrogen-bond acceptors (Lipinski definition) is 4. The van der Waals surface area contributed by atoms with E-state index in [0.717, 1.165) is 48.2 Å². The summed E-state index contributed by atoms with van der Waals surface area (Å²) < 4.78 is 0. The summed E-state index contributed by atoms with van der Waals surface area (Å²) in [6.07, 6.45) is 4.25.